The molecule has 0 radical (unpaired) electrons. The van der Waals surface area contributed by atoms with E-state index >= 15 is 0 Å². The topological polar surface area (TPSA) is 56.8 Å². The third-order valence-corrected chi connectivity index (χ3v) is 3.80. The molecule has 25 heavy (non-hydrogen) atoms. The molecular formula is C18H19ClFNO4. The highest BCUT2D eigenvalue weighted by molar-refractivity contribution is 6.32. The average Bonchev–Trinajstić information content (AvgIpc) is 2.61. The summed E-state index contributed by atoms with van der Waals surface area (Å²) >= 11 is 6.05. The summed E-state index contributed by atoms with van der Waals surface area (Å²) in [5.41, 5.74) is 0.379. The van der Waals surface area contributed by atoms with Gasteiger partial charge in [0.05, 0.1) is 24.9 Å². The van der Waals surface area contributed by atoms with E-state index in [0.29, 0.717) is 28.6 Å². The fraction of sp³-hybridized carbons (Fsp3) is 0.278. The van der Waals surface area contributed by atoms with Gasteiger partial charge in [0.15, 0.2) is 17.7 Å². The smallest absolute Gasteiger partial charge is 0.265 e. The molecule has 0 unspecified atom stereocenters. The van der Waals surface area contributed by atoms with Crippen molar-refractivity contribution in [1.82, 2.24) is 0 Å². The second-order valence-electron chi connectivity index (χ2n) is 5.12. The fourth-order valence-electron chi connectivity index (χ4n) is 2.19. The molecule has 2 aromatic rings. The Balaban J connectivity index is 2.20. The first-order valence-corrected chi connectivity index (χ1v) is 8.01. The van der Waals surface area contributed by atoms with Crippen LogP contribution in [0.1, 0.15) is 13.3 Å². The number of hydrogen-bond donors (Lipinski definition) is 1. The second kappa shape index (κ2) is 8.58. The molecule has 134 valence electrons. The molecule has 0 aliphatic carbocycles. The number of carbonyl (C=O) groups excluding carboxylic acids is 1. The van der Waals surface area contributed by atoms with Gasteiger partial charge in [-0.2, -0.15) is 0 Å². The van der Waals surface area contributed by atoms with Crippen LogP contribution in [0.25, 0.3) is 0 Å². The average molecular weight is 368 g/mol. The molecule has 2 aromatic carbocycles. The Morgan fingerprint density at radius 2 is 1.84 bits per heavy atom. The van der Waals surface area contributed by atoms with Gasteiger partial charge in [0.1, 0.15) is 11.5 Å². The molecule has 0 fully saturated rings. The largest absolute Gasteiger partial charge is 0.495 e. The number of halogens is 2. The molecule has 0 aliphatic rings. The maximum atomic E-state index is 13.7. The molecule has 0 saturated heterocycles. The number of ether oxygens (including phenoxy) is 3. The zero-order valence-electron chi connectivity index (χ0n) is 14.1. The fourth-order valence-corrected chi connectivity index (χ4v) is 2.42. The Bertz CT molecular complexity index is 754. The van der Waals surface area contributed by atoms with Crippen LogP contribution in [0, 0.1) is 5.82 Å². The van der Waals surface area contributed by atoms with Crippen molar-refractivity contribution >= 4 is 23.2 Å². The monoisotopic (exact) mass is 367 g/mol. The molecule has 5 nitrogen and oxygen atoms in total. The summed E-state index contributed by atoms with van der Waals surface area (Å²) in [6.07, 6.45) is -0.518. The van der Waals surface area contributed by atoms with Gasteiger partial charge in [0.2, 0.25) is 0 Å². The van der Waals surface area contributed by atoms with Crippen molar-refractivity contribution < 1.29 is 23.4 Å². The van der Waals surface area contributed by atoms with Crippen LogP contribution in [0.3, 0.4) is 0 Å². The van der Waals surface area contributed by atoms with Gasteiger partial charge in [-0.05, 0) is 18.6 Å². The maximum Gasteiger partial charge on any atom is 0.265 e. The molecule has 0 bridgehead atoms. The summed E-state index contributed by atoms with van der Waals surface area (Å²) in [5.74, 6) is -0.182. The summed E-state index contributed by atoms with van der Waals surface area (Å²) < 4.78 is 29.6. The molecule has 1 atom stereocenters. The van der Waals surface area contributed by atoms with Crippen LogP contribution in [0.5, 0.6) is 17.2 Å². The Kier molecular flexibility index (Phi) is 6.47. The number of methoxy groups -OCH3 is 2. The maximum absolute atomic E-state index is 13.7. The summed E-state index contributed by atoms with van der Waals surface area (Å²) in [6.45, 7) is 1.77. The van der Waals surface area contributed by atoms with Crippen LogP contribution >= 0.6 is 11.6 Å². The summed E-state index contributed by atoms with van der Waals surface area (Å²) in [5, 5.41) is 3.06. The van der Waals surface area contributed by atoms with Crippen LogP contribution in [-0.2, 0) is 4.79 Å². The van der Waals surface area contributed by atoms with Crippen molar-refractivity contribution in [1.29, 1.82) is 0 Å². The highest BCUT2D eigenvalue weighted by Gasteiger charge is 2.22. The molecule has 0 aromatic heterocycles. The normalized spacial score (nSPS) is 11.6. The Morgan fingerprint density at radius 3 is 2.44 bits per heavy atom. The van der Waals surface area contributed by atoms with Gasteiger partial charge in [-0.15, -0.1) is 0 Å². The Morgan fingerprint density at radius 1 is 1.16 bits per heavy atom. The van der Waals surface area contributed by atoms with Crippen LogP contribution in [-0.4, -0.2) is 26.2 Å². The van der Waals surface area contributed by atoms with E-state index in [1.54, 1.807) is 25.1 Å². The van der Waals surface area contributed by atoms with E-state index in [1.165, 1.54) is 32.4 Å². The van der Waals surface area contributed by atoms with E-state index in [0.717, 1.165) is 0 Å². The van der Waals surface area contributed by atoms with Crippen molar-refractivity contribution in [3.8, 4) is 17.2 Å². The number of nitrogens with one attached hydrogen (secondary N) is 1. The number of anilines is 1. The van der Waals surface area contributed by atoms with Gasteiger partial charge in [0, 0.05) is 12.1 Å². The molecular weight excluding hydrogens is 349 g/mol. The number of amides is 1. The molecule has 7 heteroatoms. The van der Waals surface area contributed by atoms with Gasteiger partial charge in [-0.25, -0.2) is 4.39 Å². The SMILES string of the molecule is CC[C@@H](Oc1ccccc1F)C(=O)Nc1cc(OC)c(Cl)cc1OC. The van der Waals surface area contributed by atoms with E-state index in [2.05, 4.69) is 5.32 Å². The Hall–Kier alpha value is -2.47. The summed E-state index contributed by atoms with van der Waals surface area (Å²) in [6, 6.07) is 9.01. The van der Waals surface area contributed by atoms with Crippen LogP contribution in [0.4, 0.5) is 10.1 Å². The van der Waals surface area contributed by atoms with Crippen molar-refractivity contribution in [3.05, 3.63) is 47.2 Å². The van der Waals surface area contributed by atoms with Crippen molar-refractivity contribution in [2.24, 2.45) is 0 Å². The lowest BCUT2D eigenvalue weighted by Gasteiger charge is -2.19. The minimum absolute atomic E-state index is 0.0187. The summed E-state index contributed by atoms with van der Waals surface area (Å²) in [7, 11) is 2.93. The first-order chi connectivity index (χ1) is 12.0. The lowest BCUT2D eigenvalue weighted by Crippen LogP contribution is -2.32. The zero-order chi connectivity index (χ0) is 18.4. The van der Waals surface area contributed by atoms with E-state index in [4.69, 9.17) is 25.8 Å². The number of rotatable bonds is 7. The van der Waals surface area contributed by atoms with Gasteiger partial charge in [-0.3, -0.25) is 4.79 Å². The summed E-state index contributed by atoms with van der Waals surface area (Å²) in [4.78, 5) is 12.5. The second-order valence-corrected chi connectivity index (χ2v) is 5.53. The van der Waals surface area contributed by atoms with Crippen LogP contribution < -0.4 is 19.5 Å². The molecule has 0 saturated carbocycles. The zero-order valence-corrected chi connectivity index (χ0v) is 14.9. The predicted molar refractivity (Wildman–Crippen MR) is 94.3 cm³/mol. The lowest BCUT2D eigenvalue weighted by molar-refractivity contribution is -0.122. The van der Waals surface area contributed by atoms with Gasteiger partial charge in [0.25, 0.3) is 5.91 Å². The molecule has 0 aliphatic heterocycles. The lowest BCUT2D eigenvalue weighted by atomic mass is 10.2. The number of benzene rings is 2. The van der Waals surface area contributed by atoms with Crippen molar-refractivity contribution in [2.45, 2.75) is 19.4 Å². The van der Waals surface area contributed by atoms with Gasteiger partial charge >= 0.3 is 0 Å². The quantitative estimate of drug-likeness (QED) is 0.793. The number of carbonyl (C=O) groups is 1. The first kappa shape index (κ1) is 18.9. The van der Waals surface area contributed by atoms with Gasteiger partial charge < -0.3 is 19.5 Å². The molecule has 0 heterocycles. The standard InChI is InChI=1S/C18H19ClFNO4/c1-4-14(25-15-8-6-5-7-12(15)20)18(22)21-13-10-16(23-2)11(19)9-17(13)24-3/h5-10,14H,4H2,1-3H3,(H,21,22)/t14-/m1/s1. The van der Waals surface area contributed by atoms with E-state index in [-0.39, 0.29) is 5.75 Å². The van der Waals surface area contributed by atoms with E-state index in [9.17, 15) is 9.18 Å². The van der Waals surface area contributed by atoms with E-state index < -0.39 is 17.8 Å². The highest BCUT2D eigenvalue weighted by Crippen LogP contribution is 2.36. The molecule has 0 spiro atoms. The number of hydrogen-bond acceptors (Lipinski definition) is 4. The number of para-hydroxylation sites is 1. The van der Waals surface area contributed by atoms with Crippen molar-refractivity contribution in [2.75, 3.05) is 19.5 Å². The minimum atomic E-state index is -0.872. The van der Waals surface area contributed by atoms with Gasteiger partial charge in [-0.1, -0.05) is 30.7 Å². The molecule has 1 amide bonds. The van der Waals surface area contributed by atoms with E-state index in [1.807, 2.05) is 0 Å². The molecule has 1 N–H and O–H groups in total. The first-order valence-electron chi connectivity index (χ1n) is 7.63. The third kappa shape index (κ3) is 4.54. The minimum Gasteiger partial charge on any atom is -0.495 e. The Labute approximate surface area is 150 Å². The van der Waals surface area contributed by atoms with Crippen molar-refractivity contribution in [3.63, 3.8) is 0 Å². The third-order valence-electron chi connectivity index (χ3n) is 3.50. The van der Waals surface area contributed by atoms with Crippen LogP contribution in [0.2, 0.25) is 5.02 Å². The predicted octanol–water partition coefficient (Wildman–Crippen LogP) is 4.29. The van der Waals surface area contributed by atoms with Crippen LogP contribution in [0.15, 0.2) is 36.4 Å². The highest BCUT2D eigenvalue weighted by atomic mass is 35.5. The molecule has 2 rings (SSSR count).